The molecule has 0 fully saturated rings. The number of hydrogen-bond acceptors (Lipinski definition) is 5. The van der Waals surface area contributed by atoms with Crippen LogP contribution in [0.4, 0.5) is 11.4 Å². The minimum absolute atomic E-state index is 0.0570. The van der Waals surface area contributed by atoms with Gasteiger partial charge >= 0.3 is 0 Å². The van der Waals surface area contributed by atoms with Crippen molar-refractivity contribution in [3.8, 4) is 6.07 Å². The van der Waals surface area contributed by atoms with Crippen molar-refractivity contribution >= 4 is 11.4 Å². The Morgan fingerprint density at radius 2 is 2.37 bits per heavy atom. The second kappa shape index (κ2) is 5.64. The molecule has 0 aliphatic carbocycles. The molecule has 7 heteroatoms. The molecule has 0 saturated carbocycles. The fourth-order valence-corrected chi connectivity index (χ4v) is 1.65. The molecule has 0 saturated heterocycles. The van der Waals surface area contributed by atoms with Crippen LogP contribution in [-0.2, 0) is 6.42 Å². The molecule has 96 valence electrons. The average Bonchev–Trinajstić information content (AvgIpc) is 2.91. The molecule has 19 heavy (non-hydrogen) atoms. The summed E-state index contributed by atoms with van der Waals surface area (Å²) in [6.45, 7) is 0.594. The van der Waals surface area contributed by atoms with Gasteiger partial charge in [-0.3, -0.25) is 10.1 Å². The van der Waals surface area contributed by atoms with E-state index in [0.29, 0.717) is 18.7 Å². The lowest BCUT2D eigenvalue weighted by Gasteiger charge is -2.05. The summed E-state index contributed by atoms with van der Waals surface area (Å²) in [5.41, 5.74) is 0.476. The van der Waals surface area contributed by atoms with Crippen LogP contribution in [0.25, 0.3) is 0 Å². The monoisotopic (exact) mass is 257 g/mol. The number of anilines is 1. The highest BCUT2D eigenvalue weighted by Gasteiger charge is 2.13. The predicted molar refractivity (Wildman–Crippen MR) is 68.6 cm³/mol. The molecule has 1 aromatic carbocycles. The first-order chi connectivity index (χ1) is 9.20. The number of aromatic amines is 1. The summed E-state index contributed by atoms with van der Waals surface area (Å²) in [5.74, 6) is 0.843. The molecule has 0 bridgehead atoms. The lowest BCUT2D eigenvalue weighted by Crippen LogP contribution is -2.06. The molecule has 1 aromatic heterocycles. The number of aromatic nitrogens is 2. The van der Waals surface area contributed by atoms with E-state index < -0.39 is 4.92 Å². The van der Waals surface area contributed by atoms with Crippen LogP contribution in [0.2, 0.25) is 0 Å². The molecule has 0 aliphatic heterocycles. The molecule has 2 aromatic rings. The molecular weight excluding hydrogens is 246 g/mol. The van der Waals surface area contributed by atoms with E-state index >= 15 is 0 Å². The zero-order valence-electron chi connectivity index (χ0n) is 9.96. The maximum atomic E-state index is 10.8. The summed E-state index contributed by atoms with van der Waals surface area (Å²) in [4.78, 5) is 17.3. The van der Waals surface area contributed by atoms with Crippen molar-refractivity contribution in [3.63, 3.8) is 0 Å². The number of nitriles is 1. The lowest BCUT2D eigenvalue weighted by molar-refractivity contribution is -0.385. The van der Waals surface area contributed by atoms with Crippen molar-refractivity contribution in [1.82, 2.24) is 9.97 Å². The number of imidazole rings is 1. The molecule has 0 radical (unpaired) electrons. The van der Waals surface area contributed by atoms with Crippen LogP contribution in [0.1, 0.15) is 11.4 Å². The third-order valence-electron chi connectivity index (χ3n) is 2.56. The van der Waals surface area contributed by atoms with Gasteiger partial charge < -0.3 is 10.3 Å². The fraction of sp³-hybridized carbons (Fsp3) is 0.167. The van der Waals surface area contributed by atoms with Gasteiger partial charge in [-0.1, -0.05) is 0 Å². The molecule has 0 atom stereocenters. The van der Waals surface area contributed by atoms with Crippen LogP contribution in [0.5, 0.6) is 0 Å². The summed E-state index contributed by atoms with van der Waals surface area (Å²) in [6, 6.07) is 6.24. The van der Waals surface area contributed by atoms with Gasteiger partial charge in [0.15, 0.2) is 0 Å². The van der Waals surface area contributed by atoms with Crippen LogP contribution in [-0.4, -0.2) is 21.4 Å². The van der Waals surface area contributed by atoms with Crippen LogP contribution in [0, 0.1) is 21.4 Å². The summed E-state index contributed by atoms with van der Waals surface area (Å²) < 4.78 is 0. The zero-order valence-corrected chi connectivity index (χ0v) is 9.96. The quantitative estimate of drug-likeness (QED) is 0.627. The smallest absolute Gasteiger partial charge is 0.289 e. The Bertz CT molecular complexity index is 616. The van der Waals surface area contributed by atoms with Gasteiger partial charge in [0.1, 0.15) is 17.5 Å². The van der Waals surface area contributed by atoms with Crippen molar-refractivity contribution in [3.05, 3.63) is 52.1 Å². The van der Waals surface area contributed by atoms with Gasteiger partial charge in [0.05, 0.1) is 4.92 Å². The first kappa shape index (κ1) is 12.6. The van der Waals surface area contributed by atoms with Crippen molar-refractivity contribution < 1.29 is 4.92 Å². The molecule has 2 rings (SSSR count). The standard InChI is InChI=1S/C12H11N5O2/c13-8-9-1-2-10(7-11(9)17(18)19)14-4-3-12-15-5-6-16-12/h1-2,5-7,14H,3-4H2,(H,15,16). The van der Waals surface area contributed by atoms with Crippen LogP contribution in [0.15, 0.2) is 30.6 Å². The van der Waals surface area contributed by atoms with E-state index in [1.54, 1.807) is 24.5 Å². The van der Waals surface area contributed by atoms with Gasteiger partial charge in [0.25, 0.3) is 5.69 Å². The van der Waals surface area contributed by atoms with E-state index in [1.165, 1.54) is 12.1 Å². The Morgan fingerprint density at radius 3 is 3.00 bits per heavy atom. The van der Waals surface area contributed by atoms with E-state index in [1.807, 2.05) is 0 Å². The number of nitrogens with one attached hydrogen (secondary N) is 2. The van der Waals surface area contributed by atoms with E-state index in [9.17, 15) is 10.1 Å². The maximum Gasteiger partial charge on any atom is 0.289 e. The van der Waals surface area contributed by atoms with E-state index in [2.05, 4.69) is 15.3 Å². The first-order valence-electron chi connectivity index (χ1n) is 5.61. The second-order valence-corrected chi connectivity index (χ2v) is 3.81. The number of H-pyrrole nitrogens is 1. The SMILES string of the molecule is N#Cc1ccc(NCCc2ncc[nH]2)cc1[N+](=O)[O-]. The molecule has 0 unspecified atom stereocenters. The minimum atomic E-state index is -0.559. The van der Waals surface area contributed by atoms with Crippen molar-refractivity contribution in [2.24, 2.45) is 0 Å². The average molecular weight is 257 g/mol. The van der Waals surface area contributed by atoms with Crippen LogP contribution >= 0.6 is 0 Å². The number of nitrogens with zero attached hydrogens (tertiary/aromatic N) is 3. The summed E-state index contributed by atoms with van der Waals surface area (Å²) >= 11 is 0. The number of nitro benzene ring substituents is 1. The third kappa shape index (κ3) is 3.07. The maximum absolute atomic E-state index is 10.8. The Morgan fingerprint density at radius 1 is 1.53 bits per heavy atom. The molecule has 0 spiro atoms. The van der Waals surface area contributed by atoms with Crippen LogP contribution < -0.4 is 5.32 Å². The van der Waals surface area contributed by atoms with Gasteiger partial charge in [-0.2, -0.15) is 5.26 Å². The van der Waals surface area contributed by atoms with E-state index in [0.717, 1.165) is 5.82 Å². The Balaban J connectivity index is 2.03. The molecule has 0 aliphatic rings. The molecule has 0 amide bonds. The molecule has 2 N–H and O–H groups in total. The topological polar surface area (TPSA) is 108 Å². The second-order valence-electron chi connectivity index (χ2n) is 3.81. The Kier molecular flexibility index (Phi) is 3.73. The highest BCUT2D eigenvalue weighted by atomic mass is 16.6. The van der Waals surface area contributed by atoms with Gasteiger partial charge in [-0.15, -0.1) is 0 Å². The molecule has 1 heterocycles. The minimum Gasteiger partial charge on any atom is -0.384 e. The number of rotatable bonds is 5. The summed E-state index contributed by atoms with van der Waals surface area (Å²) in [5, 5.41) is 22.6. The van der Waals surface area contributed by atoms with Gasteiger partial charge in [0.2, 0.25) is 0 Å². The number of nitro groups is 1. The first-order valence-corrected chi connectivity index (χ1v) is 5.61. The highest BCUT2D eigenvalue weighted by Crippen LogP contribution is 2.22. The van der Waals surface area contributed by atoms with Crippen LogP contribution in [0.3, 0.4) is 0 Å². The summed E-state index contributed by atoms with van der Waals surface area (Å²) in [7, 11) is 0. The highest BCUT2D eigenvalue weighted by molar-refractivity contribution is 5.59. The zero-order chi connectivity index (χ0) is 13.7. The summed E-state index contributed by atoms with van der Waals surface area (Å²) in [6.07, 6.45) is 4.09. The third-order valence-corrected chi connectivity index (χ3v) is 2.56. The normalized spacial score (nSPS) is 9.84. The van der Waals surface area contributed by atoms with Crippen molar-refractivity contribution in [1.29, 1.82) is 5.26 Å². The molecular formula is C12H11N5O2. The van der Waals surface area contributed by atoms with Gasteiger partial charge in [0, 0.05) is 37.1 Å². The van der Waals surface area contributed by atoms with E-state index in [4.69, 9.17) is 5.26 Å². The van der Waals surface area contributed by atoms with E-state index in [-0.39, 0.29) is 11.3 Å². The number of hydrogen-bond donors (Lipinski definition) is 2. The Hall–Kier alpha value is -2.88. The largest absolute Gasteiger partial charge is 0.384 e. The Labute approximate surface area is 109 Å². The number of benzene rings is 1. The van der Waals surface area contributed by atoms with Gasteiger partial charge in [-0.05, 0) is 12.1 Å². The fourth-order valence-electron chi connectivity index (χ4n) is 1.65. The predicted octanol–water partition coefficient (Wildman–Crippen LogP) is 1.84. The van der Waals surface area contributed by atoms with Crippen molar-refractivity contribution in [2.45, 2.75) is 6.42 Å². The van der Waals surface area contributed by atoms with Crippen molar-refractivity contribution in [2.75, 3.05) is 11.9 Å². The molecule has 7 nitrogen and oxygen atoms in total. The van der Waals surface area contributed by atoms with Gasteiger partial charge in [-0.25, -0.2) is 4.98 Å². The lowest BCUT2D eigenvalue weighted by atomic mass is 10.2.